The maximum atomic E-state index is 11.1. The van der Waals surface area contributed by atoms with E-state index in [1.54, 1.807) is 0 Å². The van der Waals surface area contributed by atoms with Crippen molar-refractivity contribution in [3.8, 4) is 0 Å². The number of aromatic nitrogens is 2. The van der Waals surface area contributed by atoms with Crippen molar-refractivity contribution in [1.82, 2.24) is 10.2 Å². The van der Waals surface area contributed by atoms with Crippen LogP contribution in [0.4, 0.5) is 0 Å². The van der Waals surface area contributed by atoms with Gasteiger partial charge in [-0.25, -0.2) is 13.2 Å². The number of aromatic amines is 1. The Morgan fingerprint density at radius 1 is 1.50 bits per heavy atom. The van der Waals surface area contributed by atoms with E-state index in [0.29, 0.717) is 6.26 Å². The van der Waals surface area contributed by atoms with E-state index >= 15 is 0 Å². The van der Waals surface area contributed by atoms with Gasteiger partial charge >= 0.3 is 5.97 Å². The highest BCUT2D eigenvalue weighted by molar-refractivity contribution is 8.06. The average Bonchev–Trinajstić information content (AvgIpc) is 2.48. The summed E-state index contributed by atoms with van der Waals surface area (Å²) in [5, 5.41) is 12.6. The molecule has 0 bridgehead atoms. The van der Waals surface area contributed by atoms with Crippen LogP contribution in [0.5, 0.6) is 0 Å². The summed E-state index contributed by atoms with van der Waals surface area (Å²) in [7, 11) is -3.96. The van der Waals surface area contributed by atoms with E-state index in [1.165, 1.54) is 0 Å². The number of nitrogens with one attached hydrogen (secondary N) is 1. The summed E-state index contributed by atoms with van der Waals surface area (Å²) < 4.78 is 21.6. The van der Waals surface area contributed by atoms with E-state index in [0.717, 1.165) is 6.20 Å². The number of carboxylic acids is 1. The minimum atomic E-state index is -3.96. The van der Waals surface area contributed by atoms with Crippen LogP contribution in [0.2, 0.25) is 0 Å². The second-order valence-electron chi connectivity index (χ2n) is 2.52. The fraction of sp³-hybridized carbons (Fsp3) is 0.167. The third-order valence-corrected chi connectivity index (χ3v) is 2.29. The third-order valence-electron chi connectivity index (χ3n) is 1.41. The van der Waals surface area contributed by atoms with Crippen LogP contribution in [0.1, 0.15) is 20.8 Å². The predicted octanol–water partition coefficient (Wildman–Crippen LogP) is -0.707. The van der Waals surface area contributed by atoms with Crippen LogP contribution in [-0.2, 0) is 9.84 Å². The number of sulfone groups is 1. The lowest BCUT2D eigenvalue weighted by atomic mass is 10.3. The fourth-order valence-electron chi connectivity index (χ4n) is 0.789. The van der Waals surface area contributed by atoms with E-state index < -0.39 is 32.2 Å². The van der Waals surface area contributed by atoms with Crippen molar-refractivity contribution in [2.45, 2.75) is 0 Å². The second-order valence-corrected chi connectivity index (χ2v) is 4.44. The summed E-state index contributed by atoms with van der Waals surface area (Å²) in [5.74, 6) is -1.41. The topological polar surface area (TPSA) is 117 Å². The lowest BCUT2D eigenvalue weighted by Gasteiger charge is -1.95. The van der Waals surface area contributed by atoms with Gasteiger partial charge in [-0.3, -0.25) is 9.89 Å². The number of hydrogen-bond acceptors (Lipinski definition) is 5. The number of carboxylic acid groups (broad SMARTS) is 1. The molecule has 0 aliphatic heterocycles. The number of nitrogens with zero attached hydrogens (tertiary/aromatic N) is 1. The van der Waals surface area contributed by atoms with Crippen molar-refractivity contribution in [3.63, 3.8) is 0 Å². The van der Waals surface area contributed by atoms with E-state index in [4.69, 9.17) is 5.11 Å². The van der Waals surface area contributed by atoms with E-state index in [-0.39, 0.29) is 0 Å². The second kappa shape index (κ2) is 3.22. The van der Waals surface area contributed by atoms with Gasteiger partial charge in [0.05, 0.1) is 6.20 Å². The highest BCUT2D eigenvalue weighted by Gasteiger charge is 2.26. The zero-order chi connectivity index (χ0) is 10.9. The molecule has 76 valence electrons. The highest BCUT2D eigenvalue weighted by Crippen LogP contribution is 2.08. The van der Waals surface area contributed by atoms with Gasteiger partial charge in [0.1, 0.15) is 11.3 Å². The molecule has 8 heteroatoms. The summed E-state index contributed by atoms with van der Waals surface area (Å²) in [5.41, 5.74) is -0.986. The Hall–Kier alpha value is -1.70. The molecule has 1 heterocycles. The van der Waals surface area contributed by atoms with Crippen LogP contribution in [0.25, 0.3) is 0 Å². The standard InChI is InChI=1S/C6H6N2O5S/c1-14(12,13)6(11)4-3(5(9)10)2-7-8-4/h2H,1H3,(H,7,8)(H,9,10). The molecule has 0 aromatic carbocycles. The molecule has 0 atom stereocenters. The van der Waals surface area contributed by atoms with Gasteiger partial charge in [0.2, 0.25) is 9.84 Å². The number of carbonyl (C=O) groups excluding carboxylic acids is 1. The zero-order valence-corrected chi connectivity index (χ0v) is 7.83. The van der Waals surface area contributed by atoms with Crippen molar-refractivity contribution in [2.24, 2.45) is 0 Å². The molecule has 1 aromatic heterocycles. The van der Waals surface area contributed by atoms with E-state index in [1.807, 2.05) is 5.10 Å². The minimum Gasteiger partial charge on any atom is -0.478 e. The van der Waals surface area contributed by atoms with Gasteiger partial charge in [0.15, 0.2) is 0 Å². The van der Waals surface area contributed by atoms with Gasteiger partial charge in [-0.05, 0) is 0 Å². The fourth-order valence-corrected chi connectivity index (χ4v) is 1.32. The van der Waals surface area contributed by atoms with Crippen LogP contribution in [0.15, 0.2) is 6.20 Å². The molecular formula is C6H6N2O5S. The Morgan fingerprint density at radius 3 is 2.50 bits per heavy atom. The van der Waals surface area contributed by atoms with Crippen LogP contribution >= 0.6 is 0 Å². The predicted molar refractivity (Wildman–Crippen MR) is 44.7 cm³/mol. The van der Waals surface area contributed by atoms with Crippen molar-refractivity contribution in [2.75, 3.05) is 6.26 Å². The molecule has 0 aliphatic rings. The first-order valence-electron chi connectivity index (χ1n) is 3.35. The lowest BCUT2D eigenvalue weighted by Crippen LogP contribution is -2.16. The van der Waals surface area contributed by atoms with Gasteiger partial charge in [0.25, 0.3) is 5.12 Å². The largest absolute Gasteiger partial charge is 0.478 e. The normalized spacial score (nSPS) is 11.2. The lowest BCUT2D eigenvalue weighted by molar-refractivity contribution is 0.0693. The Morgan fingerprint density at radius 2 is 2.07 bits per heavy atom. The Balaban J connectivity index is 3.28. The number of hydrogen-bond donors (Lipinski definition) is 2. The van der Waals surface area contributed by atoms with Gasteiger partial charge in [-0.15, -0.1) is 0 Å². The number of rotatable bonds is 2. The number of aromatic carboxylic acids is 1. The summed E-state index contributed by atoms with van der Waals surface area (Å²) in [4.78, 5) is 21.6. The molecule has 0 aliphatic carbocycles. The first kappa shape index (κ1) is 10.4. The summed E-state index contributed by atoms with van der Waals surface area (Å²) in [6.07, 6.45) is 1.57. The molecule has 0 unspecified atom stereocenters. The Bertz CT molecular complexity index is 486. The molecule has 0 fully saturated rings. The molecular weight excluding hydrogens is 212 g/mol. The molecule has 0 spiro atoms. The molecule has 0 amide bonds. The van der Waals surface area contributed by atoms with Crippen molar-refractivity contribution in [1.29, 1.82) is 0 Å². The molecule has 0 saturated carbocycles. The van der Waals surface area contributed by atoms with Gasteiger partial charge in [-0.2, -0.15) is 5.10 Å². The molecule has 0 saturated heterocycles. The molecule has 1 rings (SSSR count). The van der Waals surface area contributed by atoms with Crippen molar-refractivity contribution >= 4 is 20.9 Å². The van der Waals surface area contributed by atoms with Gasteiger partial charge < -0.3 is 5.11 Å². The maximum absolute atomic E-state index is 11.1. The zero-order valence-electron chi connectivity index (χ0n) is 7.01. The summed E-state index contributed by atoms with van der Waals surface area (Å²) in [6, 6.07) is 0. The maximum Gasteiger partial charge on any atom is 0.339 e. The summed E-state index contributed by atoms with van der Waals surface area (Å²) >= 11 is 0. The molecule has 1 aromatic rings. The molecule has 7 nitrogen and oxygen atoms in total. The molecule has 0 radical (unpaired) electrons. The van der Waals surface area contributed by atoms with Gasteiger partial charge in [0, 0.05) is 6.26 Å². The molecule has 14 heavy (non-hydrogen) atoms. The Labute approximate surface area is 78.7 Å². The van der Waals surface area contributed by atoms with E-state index in [2.05, 4.69) is 5.10 Å². The quantitative estimate of drug-likeness (QED) is 0.677. The number of H-pyrrole nitrogens is 1. The van der Waals surface area contributed by atoms with Crippen LogP contribution < -0.4 is 0 Å². The highest BCUT2D eigenvalue weighted by atomic mass is 32.2. The first-order valence-corrected chi connectivity index (χ1v) is 5.24. The first-order chi connectivity index (χ1) is 6.34. The van der Waals surface area contributed by atoms with E-state index in [9.17, 15) is 18.0 Å². The summed E-state index contributed by atoms with van der Waals surface area (Å²) in [6.45, 7) is 0. The monoisotopic (exact) mass is 218 g/mol. The van der Waals surface area contributed by atoms with Crippen molar-refractivity contribution in [3.05, 3.63) is 17.5 Å². The van der Waals surface area contributed by atoms with Crippen LogP contribution in [0, 0.1) is 0 Å². The van der Waals surface area contributed by atoms with Gasteiger partial charge in [-0.1, -0.05) is 0 Å². The van der Waals surface area contributed by atoms with Crippen LogP contribution in [0.3, 0.4) is 0 Å². The average molecular weight is 218 g/mol. The third kappa shape index (κ3) is 1.79. The Kier molecular flexibility index (Phi) is 2.39. The number of carbonyl (C=O) groups is 2. The smallest absolute Gasteiger partial charge is 0.339 e. The van der Waals surface area contributed by atoms with Crippen LogP contribution in [-0.4, -0.2) is 41.1 Å². The van der Waals surface area contributed by atoms with Crippen molar-refractivity contribution < 1.29 is 23.1 Å². The SMILES string of the molecule is CS(=O)(=O)C(=O)c1[nH]ncc1C(=O)O. The minimum absolute atomic E-state index is 0.458. The molecule has 2 N–H and O–H groups in total.